The van der Waals surface area contributed by atoms with Crippen LogP contribution in [0.3, 0.4) is 0 Å². The van der Waals surface area contributed by atoms with Crippen LogP contribution in [0.15, 0.2) is 42.5 Å². The van der Waals surface area contributed by atoms with Crippen molar-refractivity contribution in [1.29, 1.82) is 0 Å². The predicted molar refractivity (Wildman–Crippen MR) is 173 cm³/mol. The Hall–Kier alpha value is -5.23. The average molecular weight is 746 g/mol. The van der Waals surface area contributed by atoms with Gasteiger partial charge in [0.25, 0.3) is 0 Å². The van der Waals surface area contributed by atoms with Crippen LogP contribution in [-0.4, -0.2) is 93.9 Å². The molecule has 2 aliphatic carbocycles. The number of nitrogens with one attached hydrogen (secondary N) is 1. The molecule has 0 bridgehead atoms. The van der Waals surface area contributed by atoms with Gasteiger partial charge in [-0.25, -0.2) is 0 Å². The van der Waals surface area contributed by atoms with E-state index in [4.69, 9.17) is 23.7 Å². The second-order valence-corrected chi connectivity index (χ2v) is 12.9. The van der Waals surface area contributed by atoms with E-state index >= 15 is 0 Å². The first-order valence-corrected chi connectivity index (χ1v) is 16.3. The maximum absolute atomic E-state index is 14.2. The van der Waals surface area contributed by atoms with Crippen molar-refractivity contribution in [3.05, 3.63) is 75.8 Å². The van der Waals surface area contributed by atoms with Crippen molar-refractivity contribution < 1.29 is 76.5 Å². The van der Waals surface area contributed by atoms with E-state index in [1.807, 2.05) is 0 Å². The van der Waals surface area contributed by atoms with Gasteiger partial charge in [-0.05, 0) is 32.0 Å². The molecule has 3 aromatic carbocycles. The maximum Gasteiger partial charge on any atom is 0.471 e. The van der Waals surface area contributed by atoms with Gasteiger partial charge in [0.05, 0.1) is 42.0 Å². The highest BCUT2D eigenvalue weighted by atomic mass is 19.4. The number of hydrogen-bond donors (Lipinski definition) is 5. The number of amides is 1. The second kappa shape index (κ2) is 14.0. The molecule has 6 atom stereocenters. The minimum Gasteiger partial charge on any atom is -0.507 e. The summed E-state index contributed by atoms with van der Waals surface area (Å²) in [7, 11) is 1.48. The fraction of sp³-hybridized carbons (Fsp3) is 0.389. The number of Topliss-reactive ketones (excluding diaryl/α,β-unsaturated/α-hetero) is 1. The third-order valence-electron chi connectivity index (χ3n) is 9.59. The lowest BCUT2D eigenvalue weighted by Crippen LogP contribution is -2.57. The van der Waals surface area contributed by atoms with Crippen molar-refractivity contribution in [3.63, 3.8) is 0 Å². The molecule has 6 rings (SSSR count). The minimum atomic E-state index is -5.27. The Balaban J connectivity index is 1.36. The summed E-state index contributed by atoms with van der Waals surface area (Å²) in [6.07, 6.45) is -12.9. The van der Waals surface area contributed by atoms with Crippen LogP contribution in [0.25, 0.3) is 0 Å². The molecule has 1 heterocycles. The molecule has 17 heteroatoms. The van der Waals surface area contributed by atoms with E-state index in [1.165, 1.54) is 32.2 Å². The molecule has 3 aliphatic rings. The maximum atomic E-state index is 14.2. The highest BCUT2D eigenvalue weighted by Crippen LogP contribution is 2.52. The van der Waals surface area contributed by atoms with Crippen molar-refractivity contribution in [2.75, 3.05) is 13.9 Å². The molecule has 53 heavy (non-hydrogen) atoms. The zero-order chi connectivity index (χ0) is 38.6. The van der Waals surface area contributed by atoms with Gasteiger partial charge in [-0.3, -0.25) is 19.2 Å². The Kier molecular flexibility index (Phi) is 9.89. The number of alkyl halides is 3. The summed E-state index contributed by atoms with van der Waals surface area (Å²) in [5, 5.41) is 46.9. The first-order chi connectivity index (χ1) is 24.9. The normalized spacial score (nSPS) is 25.1. The third-order valence-corrected chi connectivity index (χ3v) is 9.59. The fourth-order valence-corrected chi connectivity index (χ4v) is 6.82. The van der Waals surface area contributed by atoms with Crippen molar-refractivity contribution in [2.45, 2.75) is 75.5 Å². The Morgan fingerprint density at radius 1 is 1.00 bits per heavy atom. The molecular formula is C36H34F3NO13. The summed E-state index contributed by atoms with van der Waals surface area (Å²) in [6.45, 7) is 1.94. The number of phenolic OH excluding ortho intramolecular Hbond substituents is 2. The summed E-state index contributed by atoms with van der Waals surface area (Å²) >= 11 is 0. The van der Waals surface area contributed by atoms with Crippen LogP contribution in [0, 0.1) is 0 Å². The molecule has 1 saturated heterocycles. The zero-order valence-electron chi connectivity index (χ0n) is 28.4. The third kappa shape index (κ3) is 6.88. The molecule has 1 fully saturated rings. The van der Waals surface area contributed by atoms with Gasteiger partial charge in [0.1, 0.15) is 40.5 Å². The predicted octanol–water partition coefficient (Wildman–Crippen LogP) is 3.16. The van der Waals surface area contributed by atoms with E-state index < -0.39 is 114 Å². The van der Waals surface area contributed by atoms with Crippen LogP contribution in [0.1, 0.15) is 75.8 Å². The summed E-state index contributed by atoms with van der Waals surface area (Å²) in [5.41, 5.74) is -4.52. The Labute approximate surface area is 299 Å². The van der Waals surface area contributed by atoms with Crippen LogP contribution in [-0.2, 0) is 25.5 Å². The monoisotopic (exact) mass is 745 g/mol. The van der Waals surface area contributed by atoms with E-state index in [-0.39, 0.29) is 28.0 Å². The number of halogens is 3. The highest BCUT2D eigenvalue weighted by Gasteiger charge is 2.50. The number of phenols is 2. The van der Waals surface area contributed by atoms with E-state index in [0.717, 1.165) is 6.92 Å². The molecule has 282 valence electrons. The van der Waals surface area contributed by atoms with Crippen molar-refractivity contribution in [1.82, 2.24) is 5.32 Å². The number of aliphatic hydroxyl groups excluding tert-OH is 1. The molecule has 5 N–H and O–H groups in total. The van der Waals surface area contributed by atoms with Crippen LogP contribution >= 0.6 is 0 Å². The molecule has 1 amide bonds. The lowest BCUT2D eigenvalue weighted by molar-refractivity contribution is -0.250. The summed E-state index contributed by atoms with van der Waals surface area (Å²) in [4.78, 5) is 52.6. The van der Waals surface area contributed by atoms with Gasteiger partial charge in [0, 0.05) is 42.0 Å². The van der Waals surface area contributed by atoms with Crippen molar-refractivity contribution >= 4 is 23.3 Å². The molecule has 3 aromatic rings. The van der Waals surface area contributed by atoms with Gasteiger partial charge in [0.15, 0.2) is 17.9 Å². The van der Waals surface area contributed by atoms with Gasteiger partial charge in [0.2, 0.25) is 12.6 Å². The second-order valence-electron chi connectivity index (χ2n) is 12.9. The minimum absolute atomic E-state index is 0.0974. The van der Waals surface area contributed by atoms with Gasteiger partial charge >= 0.3 is 12.1 Å². The molecule has 0 radical (unpaired) electrons. The first-order valence-electron chi connectivity index (χ1n) is 16.3. The number of carbonyl (C=O) groups is 4. The summed E-state index contributed by atoms with van der Waals surface area (Å²) in [6, 6.07) is 9.19. The smallest absolute Gasteiger partial charge is 0.471 e. The Morgan fingerprint density at radius 2 is 1.68 bits per heavy atom. The number of hydrogen-bond acceptors (Lipinski definition) is 13. The van der Waals surface area contributed by atoms with Gasteiger partial charge in [-0.15, -0.1) is 0 Å². The topological polar surface area (TPSA) is 207 Å². The molecule has 0 spiro atoms. The summed E-state index contributed by atoms with van der Waals surface area (Å²) < 4.78 is 67.3. The van der Waals surface area contributed by atoms with Crippen LogP contribution in [0.4, 0.5) is 13.2 Å². The first kappa shape index (κ1) is 37.5. The highest BCUT2D eigenvalue weighted by molar-refractivity contribution is 6.31. The Morgan fingerprint density at radius 3 is 2.36 bits per heavy atom. The average Bonchev–Trinajstić information content (AvgIpc) is 3.10. The van der Waals surface area contributed by atoms with Gasteiger partial charge in [-0.1, -0.05) is 18.2 Å². The zero-order valence-corrected chi connectivity index (χ0v) is 28.4. The quantitative estimate of drug-likeness (QED) is 0.123. The van der Waals surface area contributed by atoms with Crippen molar-refractivity contribution in [2.24, 2.45) is 0 Å². The van der Waals surface area contributed by atoms with E-state index in [2.05, 4.69) is 0 Å². The standard InChI is InChI=1S/C36H34F3NO13/c1-15-29(42)21(40-34(47)36(37,38)39)11-24(52-15)53-23-13-35(48,16(2)41)12-20-26(23)33(46)28-27(31(20)44)30(43)19-8-5-9-22(25(19)32(28)45)51-14-50-18-7-4-6-17(10-18)49-3/h4-10,15,21,23-24,29,42,44,46,48H,11-14H2,1-3H3,(H,40,47)/t15?,21?,23-,24?,29?,35-/m0/s1. The van der Waals surface area contributed by atoms with E-state index in [9.17, 15) is 52.8 Å². The lowest BCUT2D eigenvalue weighted by Gasteiger charge is -2.42. The number of methoxy groups -OCH3 is 1. The number of fused-ring (bicyclic) bond motifs is 3. The largest absolute Gasteiger partial charge is 0.507 e. The molecule has 1 aliphatic heterocycles. The number of ketones is 3. The van der Waals surface area contributed by atoms with Gasteiger partial charge in [-0.2, -0.15) is 13.2 Å². The van der Waals surface area contributed by atoms with Gasteiger partial charge < -0.3 is 49.4 Å². The molecule has 0 saturated carbocycles. The number of benzene rings is 3. The molecule has 0 aromatic heterocycles. The number of aromatic hydroxyl groups is 2. The lowest BCUT2D eigenvalue weighted by atomic mass is 9.72. The number of carbonyl (C=O) groups excluding carboxylic acids is 4. The van der Waals surface area contributed by atoms with Crippen LogP contribution in [0.5, 0.6) is 28.7 Å². The van der Waals surface area contributed by atoms with Crippen molar-refractivity contribution in [3.8, 4) is 28.7 Å². The number of rotatable bonds is 9. The number of aliphatic hydroxyl groups is 2. The van der Waals surface area contributed by atoms with E-state index in [0.29, 0.717) is 11.5 Å². The van der Waals surface area contributed by atoms with Crippen LogP contribution < -0.4 is 19.5 Å². The van der Waals surface area contributed by atoms with Crippen LogP contribution in [0.2, 0.25) is 0 Å². The summed E-state index contributed by atoms with van der Waals surface area (Å²) in [5.74, 6) is -5.81. The molecule has 4 unspecified atom stereocenters. The number of ether oxygens (including phenoxy) is 5. The SMILES string of the molecule is COc1cccc(OCOc2cccc3c2C(=O)c2c(O)c4c(c(O)c2C3=O)C[C@@](O)(C(C)=O)C[C@@H]4OC2CC(NC(=O)C(F)(F)F)C(O)C(C)O2)c1. The Bertz CT molecular complexity index is 2000. The molecular weight excluding hydrogens is 711 g/mol. The molecule has 14 nitrogen and oxygen atoms in total. The fourth-order valence-electron chi connectivity index (χ4n) is 6.82. The van der Waals surface area contributed by atoms with E-state index in [1.54, 1.807) is 29.6 Å².